The molecule has 78 valence electrons. The molecule has 1 heterocycles. The van der Waals surface area contributed by atoms with Gasteiger partial charge in [-0.25, -0.2) is 0 Å². The van der Waals surface area contributed by atoms with Crippen molar-refractivity contribution in [3.05, 3.63) is 35.9 Å². The van der Waals surface area contributed by atoms with E-state index >= 15 is 0 Å². The second-order valence-electron chi connectivity index (χ2n) is 4.62. The fourth-order valence-electron chi connectivity index (χ4n) is 2.23. The van der Waals surface area contributed by atoms with Gasteiger partial charge in [-0.05, 0) is 24.3 Å². The van der Waals surface area contributed by atoms with Crippen LogP contribution < -0.4 is 0 Å². The molecule has 1 amide bonds. The van der Waals surface area contributed by atoms with Crippen LogP contribution in [-0.4, -0.2) is 17.4 Å². The van der Waals surface area contributed by atoms with Gasteiger partial charge in [0.1, 0.15) is 0 Å². The van der Waals surface area contributed by atoms with Crippen LogP contribution in [0.4, 0.5) is 0 Å². The van der Waals surface area contributed by atoms with Crippen LogP contribution in [0.2, 0.25) is 0 Å². The van der Waals surface area contributed by atoms with E-state index in [1.165, 1.54) is 18.4 Å². The minimum absolute atomic E-state index is 0.329. The first-order chi connectivity index (χ1) is 7.34. The van der Waals surface area contributed by atoms with Crippen LogP contribution in [0.5, 0.6) is 0 Å². The molecule has 0 aromatic heterocycles. The predicted octanol–water partition coefficient (Wildman–Crippen LogP) is 2.37. The van der Waals surface area contributed by atoms with Gasteiger partial charge in [0, 0.05) is 6.54 Å². The zero-order chi connectivity index (χ0) is 10.3. The van der Waals surface area contributed by atoms with Crippen molar-refractivity contribution in [1.82, 2.24) is 4.90 Å². The van der Waals surface area contributed by atoms with Crippen molar-refractivity contribution in [1.29, 1.82) is 0 Å². The highest BCUT2D eigenvalue weighted by Gasteiger charge is 2.39. The lowest BCUT2D eigenvalue weighted by atomic mass is 9.93. The van der Waals surface area contributed by atoms with Gasteiger partial charge in [-0.15, -0.1) is 0 Å². The van der Waals surface area contributed by atoms with Crippen LogP contribution in [0.25, 0.3) is 0 Å². The smallest absolute Gasteiger partial charge is 0.225 e. The van der Waals surface area contributed by atoms with Crippen LogP contribution in [0.1, 0.15) is 30.9 Å². The number of amides is 1. The molecule has 2 nitrogen and oxygen atoms in total. The first-order valence-electron chi connectivity index (χ1n) is 5.69. The molecule has 0 unspecified atom stereocenters. The Hall–Kier alpha value is -1.31. The second-order valence-corrected chi connectivity index (χ2v) is 4.62. The minimum atomic E-state index is 0.329. The van der Waals surface area contributed by atoms with Gasteiger partial charge < -0.3 is 4.90 Å². The summed E-state index contributed by atoms with van der Waals surface area (Å²) in [6, 6.07) is 10.7. The van der Waals surface area contributed by atoms with E-state index in [1.54, 1.807) is 0 Å². The first-order valence-corrected chi connectivity index (χ1v) is 5.69. The normalized spacial score (nSPS) is 25.2. The SMILES string of the molecule is O=C1C[C@@H](c2ccccc2)N1CC1CC1. The molecule has 3 rings (SSSR count). The molecule has 0 N–H and O–H groups in total. The van der Waals surface area contributed by atoms with Gasteiger partial charge in [-0.3, -0.25) is 4.79 Å². The standard InChI is InChI=1S/C13H15NO/c15-13-8-12(11-4-2-1-3-5-11)14(13)9-10-6-7-10/h1-5,10,12H,6-9H2/t12-/m0/s1. The third-order valence-corrected chi connectivity index (χ3v) is 3.40. The van der Waals surface area contributed by atoms with E-state index in [-0.39, 0.29) is 0 Å². The van der Waals surface area contributed by atoms with Gasteiger partial charge in [0.05, 0.1) is 12.5 Å². The molecule has 1 saturated carbocycles. The van der Waals surface area contributed by atoms with E-state index in [0.29, 0.717) is 18.4 Å². The molecule has 1 atom stereocenters. The third-order valence-electron chi connectivity index (χ3n) is 3.40. The van der Waals surface area contributed by atoms with Crippen molar-refractivity contribution < 1.29 is 4.79 Å². The number of carbonyl (C=O) groups is 1. The summed E-state index contributed by atoms with van der Waals surface area (Å²) < 4.78 is 0. The largest absolute Gasteiger partial charge is 0.335 e. The molecule has 2 fully saturated rings. The molecule has 1 aliphatic heterocycles. The van der Waals surface area contributed by atoms with Crippen molar-refractivity contribution in [3.8, 4) is 0 Å². The lowest BCUT2D eigenvalue weighted by Crippen LogP contribution is -2.47. The van der Waals surface area contributed by atoms with E-state index < -0.39 is 0 Å². The summed E-state index contributed by atoms with van der Waals surface area (Å²) >= 11 is 0. The Kier molecular flexibility index (Phi) is 2.01. The molecule has 1 saturated heterocycles. The highest BCUT2D eigenvalue weighted by molar-refractivity contribution is 5.83. The van der Waals surface area contributed by atoms with Gasteiger partial charge in [0.15, 0.2) is 0 Å². The van der Waals surface area contributed by atoms with Gasteiger partial charge in [-0.1, -0.05) is 30.3 Å². The van der Waals surface area contributed by atoms with E-state index in [0.717, 1.165) is 12.5 Å². The summed E-state index contributed by atoms with van der Waals surface area (Å²) in [7, 11) is 0. The van der Waals surface area contributed by atoms with E-state index in [4.69, 9.17) is 0 Å². The topological polar surface area (TPSA) is 20.3 Å². The fourth-order valence-corrected chi connectivity index (χ4v) is 2.23. The maximum Gasteiger partial charge on any atom is 0.225 e. The molecule has 1 aromatic rings. The van der Waals surface area contributed by atoms with Crippen LogP contribution >= 0.6 is 0 Å². The summed E-state index contributed by atoms with van der Waals surface area (Å²) in [5, 5.41) is 0. The lowest BCUT2D eigenvalue weighted by molar-refractivity contribution is -0.146. The number of benzene rings is 1. The lowest BCUT2D eigenvalue weighted by Gasteiger charge is -2.41. The third kappa shape index (κ3) is 1.65. The van der Waals surface area contributed by atoms with E-state index in [2.05, 4.69) is 12.1 Å². The van der Waals surface area contributed by atoms with Crippen molar-refractivity contribution in [3.63, 3.8) is 0 Å². The fraction of sp³-hybridized carbons (Fsp3) is 0.462. The molecule has 0 spiro atoms. The van der Waals surface area contributed by atoms with Gasteiger partial charge in [0.25, 0.3) is 0 Å². The van der Waals surface area contributed by atoms with Gasteiger partial charge in [0.2, 0.25) is 5.91 Å². The highest BCUT2D eigenvalue weighted by atomic mass is 16.2. The highest BCUT2D eigenvalue weighted by Crippen LogP contribution is 2.39. The zero-order valence-electron chi connectivity index (χ0n) is 8.73. The molecule has 2 aliphatic rings. The summed E-state index contributed by atoms with van der Waals surface area (Å²) in [5.74, 6) is 1.12. The quantitative estimate of drug-likeness (QED) is 0.687. The number of hydrogen-bond donors (Lipinski definition) is 0. The average Bonchev–Trinajstić information content (AvgIpc) is 3.08. The number of hydrogen-bond acceptors (Lipinski definition) is 1. The van der Waals surface area contributed by atoms with Crippen LogP contribution in [0, 0.1) is 5.92 Å². The van der Waals surface area contributed by atoms with Gasteiger partial charge in [-0.2, -0.15) is 0 Å². The molecule has 15 heavy (non-hydrogen) atoms. The maximum atomic E-state index is 11.5. The van der Waals surface area contributed by atoms with Crippen LogP contribution in [-0.2, 0) is 4.79 Å². The van der Waals surface area contributed by atoms with Crippen molar-refractivity contribution in [2.24, 2.45) is 5.92 Å². The molecule has 0 bridgehead atoms. The Bertz CT molecular complexity index is 369. The molecular weight excluding hydrogens is 186 g/mol. The number of likely N-dealkylation sites (tertiary alicyclic amines) is 1. The molecule has 1 aromatic carbocycles. The van der Waals surface area contributed by atoms with Gasteiger partial charge >= 0.3 is 0 Å². The van der Waals surface area contributed by atoms with Crippen LogP contribution in [0.3, 0.4) is 0 Å². The Morgan fingerprint density at radius 3 is 2.53 bits per heavy atom. The number of β-lactam (4-membered cyclic amide) rings is 1. The number of rotatable bonds is 3. The second kappa shape index (κ2) is 3.37. The Labute approximate surface area is 89.9 Å². The summed E-state index contributed by atoms with van der Waals surface area (Å²) in [6.07, 6.45) is 3.33. The first kappa shape index (κ1) is 8.96. The summed E-state index contributed by atoms with van der Waals surface area (Å²) in [5.41, 5.74) is 1.29. The Morgan fingerprint density at radius 2 is 1.93 bits per heavy atom. The zero-order valence-corrected chi connectivity index (χ0v) is 8.73. The summed E-state index contributed by atoms with van der Waals surface area (Å²) in [6.45, 7) is 0.985. The van der Waals surface area contributed by atoms with E-state index in [1.807, 2.05) is 23.1 Å². The molecule has 0 radical (unpaired) electrons. The van der Waals surface area contributed by atoms with Crippen molar-refractivity contribution >= 4 is 5.91 Å². The maximum absolute atomic E-state index is 11.5. The van der Waals surface area contributed by atoms with E-state index in [9.17, 15) is 4.79 Å². The molecule has 2 heteroatoms. The van der Waals surface area contributed by atoms with Crippen LogP contribution in [0.15, 0.2) is 30.3 Å². The molecule has 1 aliphatic carbocycles. The predicted molar refractivity (Wildman–Crippen MR) is 58.2 cm³/mol. The summed E-state index contributed by atoms with van der Waals surface area (Å²) in [4.78, 5) is 13.6. The van der Waals surface area contributed by atoms with Crippen molar-refractivity contribution in [2.45, 2.75) is 25.3 Å². The monoisotopic (exact) mass is 201 g/mol. The number of nitrogens with zero attached hydrogens (tertiary/aromatic N) is 1. The Balaban J connectivity index is 1.73. The molecular formula is C13H15NO. The average molecular weight is 201 g/mol. The Morgan fingerprint density at radius 1 is 1.20 bits per heavy atom. The minimum Gasteiger partial charge on any atom is -0.335 e. The number of carbonyl (C=O) groups excluding carboxylic acids is 1. The van der Waals surface area contributed by atoms with Crippen molar-refractivity contribution in [2.75, 3.05) is 6.54 Å².